The Morgan fingerprint density at radius 2 is 1.53 bits per heavy atom. The molecule has 0 aromatic heterocycles. The largest absolute Gasteiger partial charge is 0.356 e. The predicted octanol–water partition coefficient (Wildman–Crippen LogP) is 5.39. The van der Waals surface area contributed by atoms with Crippen LogP contribution in [0.25, 0.3) is 0 Å². The first-order valence-corrected chi connectivity index (χ1v) is 14.8. The molecular formula is C31H54N4O3. The van der Waals surface area contributed by atoms with Gasteiger partial charge in [0.25, 0.3) is 11.8 Å². The van der Waals surface area contributed by atoms with Gasteiger partial charge in [-0.25, -0.2) is 0 Å². The third kappa shape index (κ3) is 11.5. The summed E-state index contributed by atoms with van der Waals surface area (Å²) in [6, 6.07) is 6.30. The molecule has 7 nitrogen and oxygen atoms in total. The highest BCUT2D eigenvalue weighted by atomic mass is 16.2. The van der Waals surface area contributed by atoms with Crippen molar-refractivity contribution in [3.63, 3.8) is 0 Å². The molecule has 7 heteroatoms. The lowest BCUT2D eigenvalue weighted by Gasteiger charge is -2.28. The maximum absolute atomic E-state index is 13.3. The Hall–Kier alpha value is -2.41. The average Bonchev–Trinajstić information content (AvgIpc) is 2.90. The van der Waals surface area contributed by atoms with Crippen molar-refractivity contribution in [2.45, 2.75) is 105 Å². The van der Waals surface area contributed by atoms with Crippen LogP contribution in [-0.4, -0.2) is 54.3 Å². The van der Waals surface area contributed by atoms with Crippen molar-refractivity contribution >= 4 is 17.7 Å². The molecule has 1 rings (SSSR count). The third-order valence-electron chi connectivity index (χ3n) is 7.33. The van der Waals surface area contributed by atoms with E-state index >= 15 is 0 Å². The summed E-state index contributed by atoms with van der Waals surface area (Å²) in [5.74, 6) is 0.415. The van der Waals surface area contributed by atoms with Crippen molar-refractivity contribution in [1.29, 1.82) is 0 Å². The van der Waals surface area contributed by atoms with E-state index in [4.69, 9.17) is 5.73 Å². The molecule has 0 unspecified atom stereocenters. The highest BCUT2D eigenvalue weighted by Crippen LogP contribution is 2.17. The maximum Gasteiger partial charge on any atom is 0.253 e. The standard InChI is InChI=1S/C31H54N4O3/c1-8-17-35(18-9-2)31(38)26-14-12-13-25(20-26)30(37)34-28(16-15-22(5)6)27(32)19-23(7)29(36)33-21-24(10-3)11-4/h12-14,20,22-24,27-28H,8-11,15-19,21,32H2,1-7H3,(H,33,36)(H,34,37)/t23-,27+,28+/m1/s1. The Balaban J connectivity index is 2.95. The summed E-state index contributed by atoms with van der Waals surface area (Å²) in [5.41, 5.74) is 7.57. The molecule has 1 aromatic carbocycles. The monoisotopic (exact) mass is 530 g/mol. The molecule has 0 bridgehead atoms. The minimum absolute atomic E-state index is 0.0104. The van der Waals surface area contributed by atoms with Crippen LogP contribution in [0.2, 0.25) is 0 Å². The minimum Gasteiger partial charge on any atom is -0.356 e. The smallest absolute Gasteiger partial charge is 0.253 e. The third-order valence-corrected chi connectivity index (χ3v) is 7.33. The minimum atomic E-state index is -0.360. The fraction of sp³-hybridized carbons (Fsp3) is 0.710. The average molecular weight is 531 g/mol. The maximum atomic E-state index is 13.3. The number of hydrogen-bond acceptors (Lipinski definition) is 4. The number of amides is 3. The van der Waals surface area contributed by atoms with Gasteiger partial charge >= 0.3 is 0 Å². The zero-order valence-corrected chi connectivity index (χ0v) is 25.0. The van der Waals surface area contributed by atoms with Gasteiger partial charge in [-0.2, -0.15) is 0 Å². The summed E-state index contributed by atoms with van der Waals surface area (Å²) in [7, 11) is 0. The van der Waals surface area contributed by atoms with Crippen LogP contribution in [0, 0.1) is 17.8 Å². The lowest BCUT2D eigenvalue weighted by Crippen LogP contribution is -2.49. The molecule has 0 fully saturated rings. The molecule has 3 atom stereocenters. The van der Waals surface area contributed by atoms with E-state index in [2.05, 4.69) is 52.2 Å². The topological polar surface area (TPSA) is 105 Å². The van der Waals surface area contributed by atoms with E-state index in [-0.39, 0.29) is 35.7 Å². The molecule has 0 aliphatic carbocycles. The van der Waals surface area contributed by atoms with Crippen LogP contribution in [0.4, 0.5) is 0 Å². The van der Waals surface area contributed by atoms with Crippen molar-refractivity contribution < 1.29 is 14.4 Å². The van der Waals surface area contributed by atoms with Gasteiger partial charge in [0.05, 0.1) is 0 Å². The van der Waals surface area contributed by atoms with Crippen LogP contribution >= 0.6 is 0 Å². The molecule has 0 aliphatic rings. The fourth-order valence-corrected chi connectivity index (χ4v) is 4.66. The van der Waals surface area contributed by atoms with Gasteiger partial charge in [0.2, 0.25) is 5.91 Å². The molecule has 0 heterocycles. The Morgan fingerprint density at radius 1 is 0.921 bits per heavy atom. The molecular weight excluding hydrogens is 476 g/mol. The Bertz CT molecular complexity index is 847. The molecule has 38 heavy (non-hydrogen) atoms. The summed E-state index contributed by atoms with van der Waals surface area (Å²) < 4.78 is 0. The quantitative estimate of drug-likeness (QED) is 0.237. The van der Waals surface area contributed by atoms with Crippen LogP contribution in [-0.2, 0) is 4.79 Å². The molecule has 0 radical (unpaired) electrons. The lowest BCUT2D eigenvalue weighted by atomic mass is 9.91. The molecule has 0 saturated carbocycles. The number of carbonyl (C=O) groups excluding carboxylic acids is 3. The predicted molar refractivity (Wildman–Crippen MR) is 157 cm³/mol. The van der Waals surface area contributed by atoms with Crippen molar-refractivity contribution in [3.8, 4) is 0 Å². The Labute approximate surface area is 231 Å². The normalized spacial score (nSPS) is 13.7. The number of nitrogens with one attached hydrogen (secondary N) is 2. The van der Waals surface area contributed by atoms with Crippen LogP contribution in [0.15, 0.2) is 24.3 Å². The number of rotatable bonds is 18. The van der Waals surface area contributed by atoms with Crippen molar-refractivity contribution in [2.24, 2.45) is 23.5 Å². The van der Waals surface area contributed by atoms with E-state index in [0.717, 1.165) is 38.5 Å². The number of nitrogens with two attached hydrogens (primary N) is 1. The Kier molecular flexibility index (Phi) is 15.9. The fourth-order valence-electron chi connectivity index (χ4n) is 4.66. The number of nitrogens with zero attached hydrogens (tertiary/aromatic N) is 1. The summed E-state index contributed by atoms with van der Waals surface area (Å²) in [6.07, 6.45) is 5.97. The van der Waals surface area contributed by atoms with Gasteiger partial charge in [-0.1, -0.05) is 67.4 Å². The van der Waals surface area contributed by atoms with Gasteiger partial charge in [-0.15, -0.1) is 0 Å². The summed E-state index contributed by atoms with van der Waals surface area (Å²) in [4.78, 5) is 40.9. The van der Waals surface area contributed by atoms with Gasteiger partial charge in [-0.3, -0.25) is 14.4 Å². The molecule has 4 N–H and O–H groups in total. The second-order valence-corrected chi connectivity index (χ2v) is 11.2. The van der Waals surface area contributed by atoms with Gasteiger partial charge < -0.3 is 21.3 Å². The molecule has 0 saturated heterocycles. The Morgan fingerprint density at radius 3 is 2.08 bits per heavy atom. The second-order valence-electron chi connectivity index (χ2n) is 11.2. The first-order valence-electron chi connectivity index (χ1n) is 14.8. The number of hydrogen-bond donors (Lipinski definition) is 3. The van der Waals surface area contributed by atoms with Crippen LogP contribution < -0.4 is 16.4 Å². The molecule has 216 valence electrons. The van der Waals surface area contributed by atoms with Gasteiger partial charge in [0.1, 0.15) is 0 Å². The lowest BCUT2D eigenvalue weighted by molar-refractivity contribution is -0.125. The number of benzene rings is 1. The van der Waals surface area contributed by atoms with E-state index < -0.39 is 0 Å². The van der Waals surface area contributed by atoms with Crippen LogP contribution in [0.1, 0.15) is 114 Å². The summed E-state index contributed by atoms with van der Waals surface area (Å²) >= 11 is 0. The molecule has 1 aromatic rings. The first-order chi connectivity index (χ1) is 18.1. The first kappa shape index (κ1) is 33.6. The van der Waals surface area contributed by atoms with E-state index in [0.29, 0.717) is 49.0 Å². The summed E-state index contributed by atoms with van der Waals surface area (Å²) in [6.45, 7) is 16.6. The molecule has 0 aliphatic heterocycles. The molecule has 3 amide bonds. The number of carbonyl (C=O) groups is 3. The van der Waals surface area contributed by atoms with Crippen molar-refractivity contribution in [3.05, 3.63) is 35.4 Å². The zero-order chi connectivity index (χ0) is 28.7. The van der Waals surface area contributed by atoms with Crippen molar-refractivity contribution in [1.82, 2.24) is 15.5 Å². The van der Waals surface area contributed by atoms with E-state index in [1.54, 1.807) is 24.3 Å². The van der Waals surface area contributed by atoms with Gasteiger partial charge in [-0.05, 0) is 62.1 Å². The highest BCUT2D eigenvalue weighted by molar-refractivity contribution is 5.99. The highest BCUT2D eigenvalue weighted by Gasteiger charge is 2.26. The SMILES string of the molecule is CCCN(CCC)C(=O)c1cccc(C(=O)N[C@@H](CCC(C)C)[C@@H](N)C[C@@H](C)C(=O)NCC(CC)CC)c1. The van der Waals surface area contributed by atoms with E-state index in [1.165, 1.54) is 0 Å². The molecule has 0 spiro atoms. The van der Waals surface area contributed by atoms with E-state index in [9.17, 15) is 14.4 Å². The van der Waals surface area contributed by atoms with Gasteiger partial charge in [0, 0.05) is 48.8 Å². The van der Waals surface area contributed by atoms with Gasteiger partial charge in [0.15, 0.2) is 0 Å². The summed E-state index contributed by atoms with van der Waals surface area (Å²) in [5, 5.41) is 6.20. The van der Waals surface area contributed by atoms with Crippen LogP contribution in [0.5, 0.6) is 0 Å². The second kappa shape index (κ2) is 18.0. The zero-order valence-electron chi connectivity index (χ0n) is 25.0. The van der Waals surface area contributed by atoms with E-state index in [1.807, 2.05) is 11.8 Å². The van der Waals surface area contributed by atoms with Crippen molar-refractivity contribution in [2.75, 3.05) is 19.6 Å². The van der Waals surface area contributed by atoms with Crippen LogP contribution in [0.3, 0.4) is 0 Å².